The molecule has 1 saturated carbocycles. The summed E-state index contributed by atoms with van der Waals surface area (Å²) in [4.78, 5) is 0. The minimum Gasteiger partial charge on any atom is -0.372 e. The zero-order chi connectivity index (χ0) is 8.10. The van der Waals surface area contributed by atoms with Crippen molar-refractivity contribution < 1.29 is 4.74 Å². The highest BCUT2D eigenvalue weighted by Crippen LogP contribution is 2.26. The summed E-state index contributed by atoms with van der Waals surface area (Å²) in [5.74, 6) is 0.671. The van der Waals surface area contributed by atoms with E-state index in [1.165, 1.54) is 38.2 Å². The molecule has 0 aliphatic heterocycles. The van der Waals surface area contributed by atoms with E-state index in [4.69, 9.17) is 4.74 Å². The van der Waals surface area contributed by atoms with E-state index in [1.807, 2.05) is 0 Å². The molecule has 1 aliphatic rings. The molecule has 0 bridgehead atoms. The lowest BCUT2D eigenvalue weighted by Gasteiger charge is -2.21. The van der Waals surface area contributed by atoms with Gasteiger partial charge in [0.1, 0.15) is 0 Å². The highest BCUT2D eigenvalue weighted by molar-refractivity contribution is 4.82. The molecule has 0 aromatic rings. The number of hydrogen-bond donors (Lipinski definition) is 0. The Hall–Kier alpha value is -0.0400. The molecule has 1 radical (unpaired) electrons. The van der Waals surface area contributed by atoms with E-state index in [9.17, 15) is 0 Å². The maximum atomic E-state index is 5.66. The Labute approximate surface area is 70.1 Å². The second-order valence-corrected chi connectivity index (χ2v) is 3.80. The summed E-state index contributed by atoms with van der Waals surface area (Å²) < 4.78 is 5.66. The first-order valence-corrected chi connectivity index (χ1v) is 4.76. The maximum Gasteiger partial charge on any atom is 0.0970 e. The van der Waals surface area contributed by atoms with Crippen LogP contribution in [0.4, 0.5) is 0 Å². The van der Waals surface area contributed by atoms with Crippen LogP contribution in [-0.2, 0) is 4.74 Å². The van der Waals surface area contributed by atoms with Crippen LogP contribution in [0.3, 0.4) is 0 Å². The van der Waals surface area contributed by atoms with Crippen LogP contribution in [-0.4, -0.2) is 6.61 Å². The first-order valence-electron chi connectivity index (χ1n) is 4.76. The summed E-state index contributed by atoms with van der Waals surface area (Å²) in [6.45, 7) is 5.31. The van der Waals surface area contributed by atoms with Gasteiger partial charge in [-0.2, -0.15) is 0 Å². The normalized spacial score (nSPS) is 21.0. The van der Waals surface area contributed by atoms with E-state index in [0.717, 1.165) is 6.61 Å². The van der Waals surface area contributed by atoms with Crippen LogP contribution in [0.2, 0.25) is 0 Å². The SMILES string of the molecule is CC(C)CO[C]1CCCCC1. The van der Waals surface area contributed by atoms with Crippen LogP contribution in [0.5, 0.6) is 0 Å². The molecule has 0 aromatic heterocycles. The van der Waals surface area contributed by atoms with E-state index >= 15 is 0 Å². The Morgan fingerprint density at radius 3 is 2.36 bits per heavy atom. The Bertz CT molecular complexity index is 93.0. The van der Waals surface area contributed by atoms with Gasteiger partial charge in [0.25, 0.3) is 0 Å². The molecule has 11 heavy (non-hydrogen) atoms. The van der Waals surface area contributed by atoms with Crippen molar-refractivity contribution in [3.8, 4) is 0 Å². The third kappa shape index (κ3) is 3.76. The predicted octanol–water partition coefficient (Wildman–Crippen LogP) is 3.16. The van der Waals surface area contributed by atoms with E-state index in [0.29, 0.717) is 5.92 Å². The lowest BCUT2D eigenvalue weighted by atomic mass is 9.98. The van der Waals surface area contributed by atoms with Gasteiger partial charge in [-0.25, -0.2) is 0 Å². The third-order valence-electron chi connectivity index (χ3n) is 2.03. The Kier molecular flexibility index (Phi) is 3.92. The Morgan fingerprint density at radius 2 is 1.82 bits per heavy atom. The molecule has 0 unspecified atom stereocenters. The first kappa shape index (κ1) is 9.05. The van der Waals surface area contributed by atoms with Gasteiger partial charge in [0.2, 0.25) is 0 Å². The highest BCUT2D eigenvalue weighted by atomic mass is 16.5. The zero-order valence-corrected chi connectivity index (χ0v) is 7.73. The summed E-state index contributed by atoms with van der Waals surface area (Å²) >= 11 is 0. The zero-order valence-electron chi connectivity index (χ0n) is 7.73. The fraction of sp³-hybridized carbons (Fsp3) is 0.900. The van der Waals surface area contributed by atoms with E-state index in [-0.39, 0.29) is 0 Å². The maximum absolute atomic E-state index is 5.66. The average Bonchev–Trinajstić information content (AvgIpc) is 2.03. The van der Waals surface area contributed by atoms with Crippen LogP contribution < -0.4 is 0 Å². The highest BCUT2D eigenvalue weighted by Gasteiger charge is 2.14. The van der Waals surface area contributed by atoms with Gasteiger partial charge in [-0.05, 0) is 18.8 Å². The monoisotopic (exact) mass is 155 g/mol. The van der Waals surface area contributed by atoms with Crippen molar-refractivity contribution in [2.75, 3.05) is 6.61 Å². The van der Waals surface area contributed by atoms with Crippen molar-refractivity contribution in [3.63, 3.8) is 0 Å². The molecule has 0 spiro atoms. The molecule has 0 aromatic carbocycles. The van der Waals surface area contributed by atoms with Gasteiger partial charge in [0.15, 0.2) is 0 Å². The second-order valence-electron chi connectivity index (χ2n) is 3.80. The van der Waals surface area contributed by atoms with Gasteiger partial charge in [-0.1, -0.05) is 33.1 Å². The van der Waals surface area contributed by atoms with Gasteiger partial charge in [0, 0.05) is 6.61 Å². The van der Waals surface area contributed by atoms with Crippen LogP contribution in [0.1, 0.15) is 46.0 Å². The summed E-state index contributed by atoms with van der Waals surface area (Å²) in [6, 6.07) is 0. The molecule has 0 amide bonds. The van der Waals surface area contributed by atoms with Crippen LogP contribution >= 0.6 is 0 Å². The average molecular weight is 155 g/mol. The van der Waals surface area contributed by atoms with E-state index in [1.54, 1.807) is 0 Å². The molecular weight excluding hydrogens is 136 g/mol. The van der Waals surface area contributed by atoms with Gasteiger partial charge in [-0.15, -0.1) is 0 Å². The molecular formula is C10H19O. The molecule has 1 fully saturated rings. The number of hydrogen-bond acceptors (Lipinski definition) is 1. The third-order valence-corrected chi connectivity index (χ3v) is 2.03. The Balaban J connectivity index is 2.05. The molecule has 65 valence electrons. The van der Waals surface area contributed by atoms with Gasteiger partial charge in [0.05, 0.1) is 6.10 Å². The fourth-order valence-corrected chi connectivity index (χ4v) is 1.37. The van der Waals surface area contributed by atoms with E-state index in [2.05, 4.69) is 13.8 Å². The first-order chi connectivity index (χ1) is 5.29. The van der Waals surface area contributed by atoms with Crippen molar-refractivity contribution in [1.29, 1.82) is 0 Å². The summed E-state index contributed by atoms with van der Waals surface area (Å²) in [7, 11) is 0. The fourth-order valence-electron chi connectivity index (χ4n) is 1.37. The molecule has 1 aliphatic carbocycles. The summed E-state index contributed by atoms with van der Waals surface area (Å²) in [5, 5.41) is 0. The molecule has 0 N–H and O–H groups in total. The van der Waals surface area contributed by atoms with Gasteiger partial charge >= 0.3 is 0 Å². The van der Waals surface area contributed by atoms with Crippen molar-refractivity contribution in [3.05, 3.63) is 6.10 Å². The lowest BCUT2D eigenvalue weighted by Crippen LogP contribution is -2.11. The molecule has 0 heterocycles. The van der Waals surface area contributed by atoms with Crippen molar-refractivity contribution in [2.24, 2.45) is 5.92 Å². The summed E-state index contributed by atoms with van der Waals surface area (Å²) in [5.41, 5.74) is 0. The minimum absolute atomic E-state index is 0.671. The molecule has 0 saturated heterocycles. The quantitative estimate of drug-likeness (QED) is 0.608. The van der Waals surface area contributed by atoms with Crippen LogP contribution in [0.25, 0.3) is 0 Å². The number of rotatable bonds is 3. The number of ether oxygens (including phenoxy) is 1. The summed E-state index contributed by atoms with van der Waals surface area (Å²) in [6.07, 6.45) is 7.86. The Morgan fingerprint density at radius 1 is 1.18 bits per heavy atom. The van der Waals surface area contributed by atoms with E-state index < -0.39 is 0 Å². The van der Waals surface area contributed by atoms with Crippen LogP contribution in [0, 0.1) is 12.0 Å². The molecule has 1 heteroatoms. The smallest absolute Gasteiger partial charge is 0.0970 e. The van der Waals surface area contributed by atoms with Crippen molar-refractivity contribution >= 4 is 0 Å². The van der Waals surface area contributed by atoms with Crippen LogP contribution in [0.15, 0.2) is 0 Å². The molecule has 1 rings (SSSR count). The van der Waals surface area contributed by atoms with Gasteiger partial charge < -0.3 is 4.74 Å². The largest absolute Gasteiger partial charge is 0.372 e. The second kappa shape index (κ2) is 4.76. The van der Waals surface area contributed by atoms with Gasteiger partial charge in [-0.3, -0.25) is 0 Å². The minimum atomic E-state index is 0.671. The lowest BCUT2D eigenvalue weighted by molar-refractivity contribution is 0.0926. The molecule has 1 nitrogen and oxygen atoms in total. The predicted molar refractivity (Wildman–Crippen MR) is 47.1 cm³/mol. The standard InChI is InChI=1S/C10H19O/c1-9(2)8-11-10-6-4-3-5-7-10/h9H,3-8H2,1-2H3. The molecule has 0 atom stereocenters. The van der Waals surface area contributed by atoms with Crippen molar-refractivity contribution in [2.45, 2.75) is 46.0 Å². The topological polar surface area (TPSA) is 9.23 Å². The van der Waals surface area contributed by atoms with Crippen molar-refractivity contribution in [1.82, 2.24) is 0 Å².